The van der Waals surface area contributed by atoms with Gasteiger partial charge in [0, 0.05) is 32.2 Å². The maximum absolute atomic E-state index is 5.65. The van der Waals surface area contributed by atoms with Gasteiger partial charge in [-0.3, -0.25) is 0 Å². The number of hydrogen-bond donors (Lipinski definition) is 1. The van der Waals surface area contributed by atoms with Crippen LogP contribution >= 0.6 is 0 Å². The molecule has 0 saturated heterocycles. The van der Waals surface area contributed by atoms with Crippen molar-refractivity contribution in [2.24, 2.45) is 5.92 Å². The lowest BCUT2D eigenvalue weighted by molar-refractivity contribution is 0.399. The van der Waals surface area contributed by atoms with E-state index in [1.165, 1.54) is 0 Å². The molecule has 1 aromatic rings. The van der Waals surface area contributed by atoms with Crippen molar-refractivity contribution in [1.29, 1.82) is 0 Å². The quantitative estimate of drug-likeness (QED) is 0.752. The summed E-state index contributed by atoms with van der Waals surface area (Å²) in [6.45, 7) is 12.3. The predicted molar refractivity (Wildman–Crippen MR) is 84.1 cm³/mol. The van der Waals surface area contributed by atoms with Gasteiger partial charge in [-0.15, -0.1) is 0 Å². The number of nitrogens with one attached hydrogen (secondary N) is 1. The van der Waals surface area contributed by atoms with E-state index in [4.69, 9.17) is 4.42 Å². The van der Waals surface area contributed by atoms with Crippen LogP contribution in [0.25, 0.3) is 0 Å². The van der Waals surface area contributed by atoms with E-state index < -0.39 is 0 Å². The monoisotopic (exact) mass is 282 g/mol. The summed E-state index contributed by atoms with van der Waals surface area (Å²) in [5, 5.41) is 3.36. The van der Waals surface area contributed by atoms with Crippen LogP contribution in [0, 0.1) is 5.92 Å². The first-order valence-electron chi connectivity index (χ1n) is 7.46. The Labute approximate surface area is 123 Å². The average molecular weight is 282 g/mol. The Hall–Kier alpha value is -1.07. The molecule has 0 fully saturated rings. The molecule has 1 rings (SSSR count). The van der Waals surface area contributed by atoms with Crippen LogP contribution in [0.2, 0.25) is 0 Å². The Kier molecular flexibility index (Phi) is 7.02. The summed E-state index contributed by atoms with van der Waals surface area (Å²) in [7, 11) is 4.17. The molecule has 0 unspecified atom stereocenters. The van der Waals surface area contributed by atoms with Gasteiger partial charge in [-0.1, -0.05) is 27.7 Å². The number of hydrogen-bond acceptors (Lipinski definition) is 5. The molecule has 0 aliphatic heterocycles. The van der Waals surface area contributed by atoms with Crippen molar-refractivity contribution in [2.45, 2.75) is 40.3 Å². The van der Waals surface area contributed by atoms with Crippen LogP contribution < -0.4 is 10.2 Å². The Bertz CT molecular complexity index is 374. The van der Waals surface area contributed by atoms with E-state index in [0.717, 1.165) is 37.9 Å². The Balaban J connectivity index is 2.64. The number of rotatable bonds is 9. The van der Waals surface area contributed by atoms with Crippen molar-refractivity contribution in [3.63, 3.8) is 0 Å². The maximum atomic E-state index is 5.65. The molecule has 0 atom stereocenters. The third-order valence-corrected chi connectivity index (χ3v) is 2.90. The minimum atomic E-state index is 0.454. The van der Waals surface area contributed by atoms with Crippen LogP contribution in [-0.2, 0) is 6.54 Å². The minimum absolute atomic E-state index is 0.454. The second kappa shape index (κ2) is 8.27. The fourth-order valence-corrected chi connectivity index (χ4v) is 1.86. The fourth-order valence-electron chi connectivity index (χ4n) is 1.86. The number of oxazole rings is 1. The van der Waals surface area contributed by atoms with Gasteiger partial charge in [-0.25, -0.2) is 0 Å². The van der Waals surface area contributed by atoms with Crippen molar-refractivity contribution < 1.29 is 4.42 Å². The lowest BCUT2D eigenvalue weighted by atomic mass is 10.2. The second-order valence-electron chi connectivity index (χ2n) is 6.30. The third kappa shape index (κ3) is 6.39. The molecule has 0 bridgehead atoms. The van der Waals surface area contributed by atoms with Crippen LogP contribution in [0.3, 0.4) is 0 Å². The Morgan fingerprint density at radius 1 is 1.20 bits per heavy atom. The maximum Gasteiger partial charge on any atom is 0.297 e. The van der Waals surface area contributed by atoms with E-state index in [0.29, 0.717) is 12.0 Å². The Morgan fingerprint density at radius 2 is 1.90 bits per heavy atom. The van der Waals surface area contributed by atoms with E-state index in [1.54, 1.807) is 6.26 Å². The molecule has 1 aromatic heterocycles. The molecule has 1 heterocycles. The minimum Gasteiger partial charge on any atom is -0.432 e. The Morgan fingerprint density at radius 3 is 2.45 bits per heavy atom. The lowest BCUT2D eigenvalue weighted by Gasteiger charge is -2.24. The van der Waals surface area contributed by atoms with E-state index in [2.05, 4.69) is 61.9 Å². The molecule has 0 aromatic carbocycles. The van der Waals surface area contributed by atoms with Crippen molar-refractivity contribution in [2.75, 3.05) is 38.6 Å². The molecule has 116 valence electrons. The molecule has 5 nitrogen and oxygen atoms in total. The SMILES string of the molecule is CC(C)CN(CCN(C)C)c1nc(CNC(C)C)co1. The second-order valence-corrected chi connectivity index (χ2v) is 6.30. The topological polar surface area (TPSA) is 44.5 Å². The zero-order chi connectivity index (χ0) is 15.1. The normalized spacial score (nSPS) is 11.8. The average Bonchev–Trinajstić information content (AvgIpc) is 2.80. The molecular formula is C15H30N4O. The van der Waals surface area contributed by atoms with E-state index in [-0.39, 0.29) is 0 Å². The number of anilines is 1. The highest BCUT2D eigenvalue weighted by atomic mass is 16.4. The number of likely N-dealkylation sites (N-methyl/N-ethyl adjacent to an activating group) is 1. The standard InChI is InChI=1S/C15H30N4O/c1-12(2)10-19(8-7-18(5)6)15-17-14(11-20-15)9-16-13(3)4/h11-13,16H,7-10H2,1-6H3. The van der Waals surface area contributed by atoms with E-state index in [1.807, 2.05) is 0 Å². The summed E-state index contributed by atoms with van der Waals surface area (Å²) in [6.07, 6.45) is 1.76. The van der Waals surface area contributed by atoms with Crippen LogP contribution in [0.1, 0.15) is 33.4 Å². The highest BCUT2D eigenvalue weighted by molar-refractivity contribution is 5.27. The molecule has 0 saturated carbocycles. The van der Waals surface area contributed by atoms with Crippen molar-refractivity contribution in [1.82, 2.24) is 15.2 Å². The van der Waals surface area contributed by atoms with Crippen LogP contribution in [-0.4, -0.2) is 49.7 Å². The van der Waals surface area contributed by atoms with Gasteiger partial charge in [-0.05, 0) is 20.0 Å². The summed E-state index contributed by atoms with van der Waals surface area (Å²) in [4.78, 5) is 9.00. The third-order valence-electron chi connectivity index (χ3n) is 2.90. The van der Waals surface area contributed by atoms with Gasteiger partial charge >= 0.3 is 0 Å². The first-order chi connectivity index (χ1) is 9.38. The predicted octanol–water partition coefficient (Wildman–Crippen LogP) is 2.20. The molecule has 0 aliphatic carbocycles. The van der Waals surface area contributed by atoms with Crippen molar-refractivity contribution in [3.8, 4) is 0 Å². The van der Waals surface area contributed by atoms with Crippen LogP contribution in [0.5, 0.6) is 0 Å². The van der Waals surface area contributed by atoms with Crippen molar-refractivity contribution >= 4 is 6.01 Å². The van der Waals surface area contributed by atoms with Crippen LogP contribution in [0.15, 0.2) is 10.7 Å². The lowest BCUT2D eigenvalue weighted by Crippen LogP contribution is -2.34. The van der Waals surface area contributed by atoms with Gasteiger partial charge in [-0.2, -0.15) is 4.98 Å². The molecule has 0 radical (unpaired) electrons. The first-order valence-corrected chi connectivity index (χ1v) is 7.46. The fraction of sp³-hybridized carbons (Fsp3) is 0.800. The van der Waals surface area contributed by atoms with E-state index in [9.17, 15) is 0 Å². The largest absolute Gasteiger partial charge is 0.432 e. The zero-order valence-electron chi connectivity index (χ0n) is 13.8. The molecular weight excluding hydrogens is 252 g/mol. The molecule has 0 spiro atoms. The summed E-state index contributed by atoms with van der Waals surface area (Å²) < 4.78 is 5.65. The molecule has 20 heavy (non-hydrogen) atoms. The van der Waals surface area contributed by atoms with Crippen molar-refractivity contribution in [3.05, 3.63) is 12.0 Å². The molecule has 0 amide bonds. The highest BCUT2D eigenvalue weighted by Gasteiger charge is 2.14. The van der Waals surface area contributed by atoms with Gasteiger partial charge in [0.1, 0.15) is 6.26 Å². The first kappa shape index (κ1) is 17.0. The molecule has 0 aliphatic rings. The summed E-state index contributed by atoms with van der Waals surface area (Å²) in [6, 6.07) is 1.19. The highest BCUT2D eigenvalue weighted by Crippen LogP contribution is 2.15. The van der Waals surface area contributed by atoms with Gasteiger partial charge < -0.3 is 19.5 Å². The van der Waals surface area contributed by atoms with E-state index >= 15 is 0 Å². The molecule has 1 N–H and O–H groups in total. The smallest absolute Gasteiger partial charge is 0.297 e. The van der Waals surface area contributed by atoms with Gasteiger partial charge in [0.25, 0.3) is 6.01 Å². The van der Waals surface area contributed by atoms with Crippen LogP contribution in [0.4, 0.5) is 6.01 Å². The van der Waals surface area contributed by atoms with Gasteiger partial charge in [0.05, 0.1) is 5.69 Å². The molecule has 5 heteroatoms. The van der Waals surface area contributed by atoms with Gasteiger partial charge in [0.2, 0.25) is 0 Å². The number of aromatic nitrogens is 1. The summed E-state index contributed by atoms with van der Waals surface area (Å²) >= 11 is 0. The summed E-state index contributed by atoms with van der Waals surface area (Å²) in [5.74, 6) is 0.585. The summed E-state index contributed by atoms with van der Waals surface area (Å²) in [5.41, 5.74) is 0.965. The van der Waals surface area contributed by atoms with Gasteiger partial charge in [0.15, 0.2) is 0 Å². The zero-order valence-corrected chi connectivity index (χ0v) is 13.8. The number of nitrogens with zero attached hydrogens (tertiary/aromatic N) is 3.